The Hall–Kier alpha value is -1.71. The van der Waals surface area contributed by atoms with Gasteiger partial charge in [-0.15, -0.1) is 0 Å². The van der Waals surface area contributed by atoms with Gasteiger partial charge < -0.3 is 15.2 Å². The summed E-state index contributed by atoms with van der Waals surface area (Å²) in [4.78, 5) is 11.1. The van der Waals surface area contributed by atoms with E-state index in [1.807, 2.05) is 25.1 Å². The molecular formula is C13H17NO3. The number of aliphatic carboxylic acids is 1. The summed E-state index contributed by atoms with van der Waals surface area (Å²) in [6, 6.07) is 5.13. The fourth-order valence-electron chi connectivity index (χ4n) is 1.90. The van der Waals surface area contributed by atoms with Crippen molar-refractivity contribution in [3.8, 4) is 5.75 Å². The zero-order chi connectivity index (χ0) is 12.4. The van der Waals surface area contributed by atoms with Crippen LogP contribution in [0.3, 0.4) is 0 Å². The Labute approximate surface area is 101 Å². The molecule has 1 atom stereocenters. The summed E-state index contributed by atoms with van der Waals surface area (Å²) >= 11 is 0. The molecule has 1 aliphatic carbocycles. The number of benzene rings is 1. The van der Waals surface area contributed by atoms with Crippen LogP contribution in [0.1, 0.15) is 18.4 Å². The first kappa shape index (κ1) is 11.8. The number of aryl methyl sites for hydroxylation is 1. The van der Waals surface area contributed by atoms with Gasteiger partial charge in [0.25, 0.3) is 0 Å². The zero-order valence-corrected chi connectivity index (χ0v) is 10.1. The van der Waals surface area contributed by atoms with Crippen LogP contribution in [-0.4, -0.2) is 24.2 Å². The van der Waals surface area contributed by atoms with Crippen LogP contribution in [0, 0.1) is 12.8 Å². The number of carboxylic acid groups (broad SMARTS) is 1. The van der Waals surface area contributed by atoms with E-state index >= 15 is 0 Å². The minimum absolute atomic E-state index is 0.272. The first-order valence-corrected chi connectivity index (χ1v) is 5.76. The highest BCUT2D eigenvalue weighted by Crippen LogP contribution is 2.35. The highest BCUT2D eigenvalue weighted by Gasteiger charge is 2.36. The molecule has 4 heteroatoms. The van der Waals surface area contributed by atoms with E-state index in [4.69, 9.17) is 9.84 Å². The molecule has 0 aliphatic heterocycles. The highest BCUT2D eigenvalue weighted by molar-refractivity contribution is 5.78. The zero-order valence-electron chi connectivity index (χ0n) is 10.1. The third-order valence-electron chi connectivity index (χ3n) is 3.10. The smallest absolute Gasteiger partial charge is 0.326 e. The molecule has 0 bridgehead atoms. The monoisotopic (exact) mass is 235 g/mol. The molecule has 0 aromatic heterocycles. The van der Waals surface area contributed by atoms with Gasteiger partial charge in [0.15, 0.2) is 0 Å². The molecule has 0 radical (unpaired) electrons. The molecule has 1 aromatic carbocycles. The molecule has 1 saturated carbocycles. The number of hydrogen-bond acceptors (Lipinski definition) is 3. The fraction of sp³-hybridized carbons (Fsp3) is 0.462. The van der Waals surface area contributed by atoms with Crippen LogP contribution in [0.2, 0.25) is 0 Å². The Kier molecular flexibility index (Phi) is 3.22. The largest absolute Gasteiger partial charge is 0.497 e. The number of rotatable bonds is 5. The fourth-order valence-corrected chi connectivity index (χ4v) is 1.90. The molecule has 0 heterocycles. The van der Waals surface area contributed by atoms with Gasteiger partial charge in [-0.05, 0) is 49.4 Å². The van der Waals surface area contributed by atoms with Crippen molar-refractivity contribution in [3.05, 3.63) is 23.8 Å². The topological polar surface area (TPSA) is 58.6 Å². The molecule has 17 heavy (non-hydrogen) atoms. The first-order chi connectivity index (χ1) is 8.11. The van der Waals surface area contributed by atoms with Gasteiger partial charge >= 0.3 is 5.97 Å². The van der Waals surface area contributed by atoms with Gasteiger partial charge in [0.1, 0.15) is 11.8 Å². The Morgan fingerprint density at radius 1 is 1.53 bits per heavy atom. The van der Waals surface area contributed by atoms with Gasteiger partial charge in [0.05, 0.1) is 7.11 Å². The number of hydrogen-bond donors (Lipinski definition) is 2. The van der Waals surface area contributed by atoms with Crippen LogP contribution in [-0.2, 0) is 4.79 Å². The quantitative estimate of drug-likeness (QED) is 0.822. The third-order valence-corrected chi connectivity index (χ3v) is 3.10. The van der Waals surface area contributed by atoms with E-state index in [0.717, 1.165) is 29.8 Å². The van der Waals surface area contributed by atoms with Gasteiger partial charge in [0, 0.05) is 5.69 Å². The molecule has 1 unspecified atom stereocenters. The number of methoxy groups -OCH3 is 1. The van der Waals surface area contributed by atoms with Crippen molar-refractivity contribution >= 4 is 11.7 Å². The molecule has 1 aliphatic rings. The maximum atomic E-state index is 11.1. The molecule has 1 fully saturated rings. The standard InChI is InChI=1S/C13H17NO3/c1-8-7-10(17-2)5-6-11(8)14-12(13(15)16)9-3-4-9/h5-7,9,12,14H,3-4H2,1-2H3,(H,15,16). The Balaban J connectivity index is 2.14. The number of carbonyl (C=O) groups is 1. The summed E-state index contributed by atoms with van der Waals surface area (Å²) in [5.41, 5.74) is 1.86. The highest BCUT2D eigenvalue weighted by atomic mass is 16.5. The lowest BCUT2D eigenvalue weighted by Gasteiger charge is -2.17. The summed E-state index contributed by atoms with van der Waals surface area (Å²) in [6.45, 7) is 1.94. The van der Waals surface area contributed by atoms with Crippen LogP contribution in [0.25, 0.3) is 0 Å². The van der Waals surface area contributed by atoms with E-state index in [0.29, 0.717) is 0 Å². The number of nitrogens with one attached hydrogen (secondary N) is 1. The number of ether oxygens (including phenoxy) is 1. The van der Waals surface area contributed by atoms with Crippen molar-refractivity contribution in [1.82, 2.24) is 0 Å². The minimum Gasteiger partial charge on any atom is -0.497 e. The normalized spacial score (nSPS) is 16.4. The van der Waals surface area contributed by atoms with Crippen molar-refractivity contribution in [3.63, 3.8) is 0 Å². The Bertz CT molecular complexity index is 427. The predicted octanol–water partition coefficient (Wildman–Crippen LogP) is 2.28. The summed E-state index contributed by atoms with van der Waals surface area (Å²) in [5, 5.41) is 12.3. The van der Waals surface area contributed by atoms with E-state index in [-0.39, 0.29) is 5.92 Å². The first-order valence-electron chi connectivity index (χ1n) is 5.76. The van der Waals surface area contributed by atoms with Crippen molar-refractivity contribution in [2.45, 2.75) is 25.8 Å². The molecule has 2 N–H and O–H groups in total. The lowest BCUT2D eigenvalue weighted by atomic mass is 10.1. The van der Waals surface area contributed by atoms with E-state index in [2.05, 4.69) is 5.32 Å². The molecule has 0 amide bonds. The van der Waals surface area contributed by atoms with Crippen LogP contribution >= 0.6 is 0 Å². The van der Waals surface area contributed by atoms with Crippen LogP contribution < -0.4 is 10.1 Å². The molecule has 1 aromatic rings. The van der Waals surface area contributed by atoms with Crippen molar-refractivity contribution < 1.29 is 14.6 Å². The van der Waals surface area contributed by atoms with E-state index in [9.17, 15) is 4.79 Å². The van der Waals surface area contributed by atoms with Crippen LogP contribution in [0.5, 0.6) is 5.75 Å². The molecule has 2 rings (SSSR count). The summed E-state index contributed by atoms with van der Waals surface area (Å²) in [6.07, 6.45) is 2.00. The molecule has 4 nitrogen and oxygen atoms in total. The van der Waals surface area contributed by atoms with Crippen LogP contribution in [0.4, 0.5) is 5.69 Å². The summed E-state index contributed by atoms with van der Waals surface area (Å²) in [5.74, 6) is 0.281. The number of carboxylic acids is 1. The van der Waals surface area contributed by atoms with Crippen molar-refractivity contribution in [2.75, 3.05) is 12.4 Å². The SMILES string of the molecule is COc1ccc(NC(C(=O)O)C2CC2)c(C)c1. The lowest BCUT2D eigenvalue weighted by Crippen LogP contribution is -2.31. The van der Waals surface area contributed by atoms with Crippen LogP contribution in [0.15, 0.2) is 18.2 Å². The van der Waals surface area contributed by atoms with Gasteiger partial charge in [-0.3, -0.25) is 0 Å². The van der Waals surface area contributed by atoms with Gasteiger partial charge in [0.2, 0.25) is 0 Å². The molecule has 0 saturated heterocycles. The maximum Gasteiger partial charge on any atom is 0.326 e. The second-order valence-corrected chi connectivity index (χ2v) is 4.48. The average molecular weight is 235 g/mol. The second-order valence-electron chi connectivity index (χ2n) is 4.48. The molecule has 92 valence electrons. The Morgan fingerprint density at radius 3 is 2.71 bits per heavy atom. The second kappa shape index (κ2) is 4.65. The van der Waals surface area contributed by atoms with Gasteiger partial charge in [-0.2, -0.15) is 0 Å². The lowest BCUT2D eigenvalue weighted by molar-refractivity contribution is -0.138. The average Bonchev–Trinajstić information content (AvgIpc) is 3.10. The molecule has 0 spiro atoms. The Morgan fingerprint density at radius 2 is 2.24 bits per heavy atom. The number of anilines is 1. The minimum atomic E-state index is -0.775. The van der Waals surface area contributed by atoms with Crippen molar-refractivity contribution in [2.24, 2.45) is 5.92 Å². The maximum absolute atomic E-state index is 11.1. The molecular weight excluding hydrogens is 218 g/mol. The van der Waals surface area contributed by atoms with Gasteiger partial charge in [-0.25, -0.2) is 4.79 Å². The summed E-state index contributed by atoms with van der Waals surface area (Å²) in [7, 11) is 1.62. The van der Waals surface area contributed by atoms with E-state index in [1.54, 1.807) is 7.11 Å². The van der Waals surface area contributed by atoms with Crippen molar-refractivity contribution in [1.29, 1.82) is 0 Å². The van der Waals surface area contributed by atoms with Gasteiger partial charge in [-0.1, -0.05) is 0 Å². The summed E-state index contributed by atoms with van der Waals surface area (Å²) < 4.78 is 5.12. The van der Waals surface area contributed by atoms with E-state index < -0.39 is 12.0 Å². The van der Waals surface area contributed by atoms with E-state index in [1.165, 1.54) is 0 Å². The third kappa shape index (κ3) is 2.70. The predicted molar refractivity (Wildman–Crippen MR) is 65.5 cm³/mol.